The van der Waals surface area contributed by atoms with Gasteiger partial charge < -0.3 is 4.74 Å². The van der Waals surface area contributed by atoms with Gasteiger partial charge in [-0.2, -0.15) is 0 Å². The summed E-state index contributed by atoms with van der Waals surface area (Å²) in [5.41, 5.74) is 0.930. The molecule has 0 aliphatic heterocycles. The topological polar surface area (TPSA) is 39.2 Å². The third-order valence-corrected chi connectivity index (χ3v) is 3.90. The maximum absolute atomic E-state index is 11.7. The van der Waals surface area contributed by atoms with Crippen LogP contribution in [0.5, 0.6) is 0 Å². The SMILES string of the molecule is CC/C=C\C/C=C\C/C=C\CCCCCCC(=O)OCc1cccnc1. The zero-order chi connectivity index (χ0) is 18.7. The highest BCUT2D eigenvalue weighted by Gasteiger charge is 2.03. The molecule has 1 rings (SSSR count). The average Bonchev–Trinajstić information content (AvgIpc) is 2.67. The molecule has 0 amide bonds. The van der Waals surface area contributed by atoms with Gasteiger partial charge in [0.2, 0.25) is 0 Å². The number of aromatic nitrogens is 1. The minimum Gasteiger partial charge on any atom is -0.461 e. The summed E-state index contributed by atoms with van der Waals surface area (Å²) >= 11 is 0. The molecule has 142 valence electrons. The van der Waals surface area contributed by atoms with E-state index in [-0.39, 0.29) is 5.97 Å². The third kappa shape index (κ3) is 13.2. The van der Waals surface area contributed by atoms with Crippen molar-refractivity contribution in [2.45, 2.75) is 71.3 Å². The van der Waals surface area contributed by atoms with E-state index in [1.807, 2.05) is 12.1 Å². The third-order valence-electron chi connectivity index (χ3n) is 3.90. The van der Waals surface area contributed by atoms with Crippen LogP contribution in [-0.2, 0) is 16.1 Å². The first-order valence-corrected chi connectivity index (χ1v) is 9.82. The molecule has 0 radical (unpaired) electrons. The monoisotopic (exact) mass is 355 g/mol. The number of carbonyl (C=O) groups is 1. The molecule has 3 nitrogen and oxygen atoms in total. The van der Waals surface area contributed by atoms with Crippen molar-refractivity contribution >= 4 is 5.97 Å². The minimum absolute atomic E-state index is 0.116. The Kier molecular flexibility index (Phi) is 13.7. The van der Waals surface area contributed by atoms with Crippen molar-refractivity contribution in [2.75, 3.05) is 0 Å². The molecule has 0 fully saturated rings. The number of ether oxygens (including phenoxy) is 1. The van der Waals surface area contributed by atoms with Gasteiger partial charge in [0.25, 0.3) is 0 Å². The van der Waals surface area contributed by atoms with Crippen molar-refractivity contribution in [3.05, 3.63) is 66.5 Å². The van der Waals surface area contributed by atoms with Crippen LogP contribution in [0.1, 0.15) is 70.3 Å². The second kappa shape index (κ2) is 16.3. The molecule has 3 heteroatoms. The van der Waals surface area contributed by atoms with Gasteiger partial charge in [-0.15, -0.1) is 0 Å². The van der Waals surface area contributed by atoms with Crippen LogP contribution in [0, 0.1) is 0 Å². The van der Waals surface area contributed by atoms with Crippen molar-refractivity contribution in [1.82, 2.24) is 4.98 Å². The number of allylic oxidation sites excluding steroid dienone is 6. The Hall–Kier alpha value is -2.16. The molecule has 1 heterocycles. The summed E-state index contributed by atoms with van der Waals surface area (Å²) < 4.78 is 5.24. The van der Waals surface area contributed by atoms with Gasteiger partial charge in [-0.3, -0.25) is 9.78 Å². The summed E-state index contributed by atoms with van der Waals surface area (Å²) in [7, 11) is 0. The van der Waals surface area contributed by atoms with E-state index in [0.29, 0.717) is 13.0 Å². The smallest absolute Gasteiger partial charge is 0.306 e. The van der Waals surface area contributed by atoms with E-state index in [1.54, 1.807) is 12.4 Å². The first kappa shape index (κ1) is 21.9. The lowest BCUT2D eigenvalue weighted by atomic mass is 10.1. The molecule has 1 aromatic rings. The molecule has 0 spiro atoms. The number of carbonyl (C=O) groups excluding carboxylic acids is 1. The summed E-state index contributed by atoms with van der Waals surface area (Å²) in [6.07, 6.45) is 25.9. The van der Waals surface area contributed by atoms with Crippen LogP contribution in [0.25, 0.3) is 0 Å². The van der Waals surface area contributed by atoms with Crippen LogP contribution in [0.2, 0.25) is 0 Å². The fourth-order valence-corrected chi connectivity index (χ4v) is 2.43. The fourth-order valence-electron chi connectivity index (χ4n) is 2.43. The summed E-state index contributed by atoms with van der Waals surface area (Å²) in [6, 6.07) is 3.76. The second-order valence-corrected chi connectivity index (χ2v) is 6.27. The number of pyridine rings is 1. The van der Waals surface area contributed by atoms with E-state index in [2.05, 4.69) is 48.4 Å². The van der Waals surface area contributed by atoms with E-state index in [0.717, 1.165) is 50.5 Å². The van der Waals surface area contributed by atoms with Crippen LogP contribution in [0.15, 0.2) is 61.0 Å². The Balaban J connectivity index is 1.90. The summed E-state index contributed by atoms with van der Waals surface area (Å²) in [4.78, 5) is 15.7. The average molecular weight is 356 g/mol. The fraction of sp³-hybridized carbons (Fsp3) is 0.478. The molecule has 0 N–H and O–H groups in total. The highest BCUT2D eigenvalue weighted by atomic mass is 16.5. The molecule has 26 heavy (non-hydrogen) atoms. The standard InChI is InChI=1S/C23H33NO2/c1-2-3-4-5-6-7-8-9-10-11-12-13-14-15-18-23(25)26-21-22-17-16-19-24-20-22/h3-4,6-7,9-10,16-17,19-20H,2,5,8,11-15,18,21H2,1H3/b4-3-,7-6-,10-9-. The van der Waals surface area contributed by atoms with E-state index < -0.39 is 0 Å². The first-order chi connectivity index (χ1) is 12.8. The lowest BCUT2D eigenvalue weighted by molar-refractivity contribution is -0.145. The maximum atomic E-state index is 11.7. The molecular formula is C23H33NO2. The summed E-state index contributed by atoms with van der Waals surface area (Å²) in [6.45, 7) is 2.47. The second-order valence-electron chi connectivity index (χ2n) is 6.27. The van der Waals surface area contributed by atoms with Crippen LogP contribution in [-0.4, -0.2) is 11.0 Å². The summed E-state index contributed by atoms with van der Waals surface area (Å²) in [5, 5.41) is 0. The molecule has 0 bridgehead atoms. The van der Waals surface area contributed by atoms with Crippen molar-refractivity contribution in [1.29, 1.82) is 0 Å². The number of rotatable bonds is 14. The number of hydrogen-bond acceptors (Lipinski definition) is 3. The molecule has 0 unspecified atom stereocenters. The molecule has 0 saturated heterocycles. The number of nitrogens with zero attached hydrogens (tertiary/aromatic N) is 1. The van der Waals surface area contributed by atoms with Gasteiger partial charge in [-0.05, 0) is 44.6 Å². The quantitative estimate of drug-likeness (QED) is 0.222. The Morgan fingerprint density at radius 2 is 1.73 bits per heavy atom. The van der Waals surface area contributed by atoms with E-state index in [4.69, 9.17) is 4.74 Å². The Morgan fingerprint density at radius 3 is 2.46 bits per heavy atom. The Morgan fingerprint density at radius 1 is 1.00 bits per heavy atom. The lowest BCUT2D eigenvalue weighted by Crippen LogP contribution is -2.04. The number of hydrogen-bond donors (Lipinski definition) is 0. The van der Waals surface area contributed by atoms with Crippen LogP contribution >= 0.6 is 0 Å². The predicted octanol–water partition coefficient (Wildman–Crippen LogP) is 6.32. The van der Waals surface area contributed by atoms with Gasteiger partial charge in [0.15, 0.2) is 0 Å². The van der Waals surface area contributed by atoms with Crippen molar-refractivity contribution in [3.8, 4) is 0 Å². The van der Waals surface area contributed by atoms with Gasteiger partial charge in [-0.1, -0.05) is 62.3 Å². The highest BCUT2D eigenvalue weighted by Crippen LogP contribution is 2.08. The van der Waals surface area contributed by atoms with Gasteiger partial charge >= 0.3 is 5.97 Å². The lowest BCUT2D eigenvalue weighted by Gasteiger charge is -2.04. The normalized spacial score (nSPS) is 11.7. The number of esters is 1. The largest absolute Gasteiger partial charge is 0.461 e. The van der Waals surface area contributed by atoms with E-state index in [9.17, 15) is 4.79 Å². The maximum Gasteiger partial charge on any atom is 0.306 e. The predicted molar refractivity (Wildman–Crippen MR) is 109 cm³/mol. The Labute approximate surface area is 158 Å². The van der Waals surface area contributed by atoms with Gasteiger partial charge in [0.1, 0.15) is 6.61 Å². The molecule has 1 aromatic heterocycles. The first-order valence-electron chi connectivity index (χ1n) is 9.82. The van der Waals surface area contributed by atoms with Crippen LogP contribution in [0.3, 0.4) is 0 Å². The van der Waals surface area contributed by atoms with Crippen LogP contribution < -0.4 is 0 Å². The summed E-state index contributed by atoms with van der Waals surface area (Å²) in [5.74, 6) is -0.116. The molecule has 0 aliphatic carbocycles. The van der Waals surface area contributed by atoms with E-state index >= 15 is 0 Å². The highest BCUT2D eigenvalue weighted by molar-refractivity contribution is 5.69. The van der Waals surface area contributed by atoms with Crippen molar-refractivity contribution in [2.24, 2.45) is 0 Å². The Bertz CT molecular complexity index is 547. The number of unbranched alkanes of at least 4 members (excludes halogenated alkanes) is 4. The zero-order valence-electron chi connectivity index (χ0n) is 16.1. The van der Waals surface area contributed by atoms with Crippen molar-refractivity contribution in [3.63, 3.8) is 0 Å². The molecule has 0 aromatic carbocycles. The molecule has 0 aliphatic rings. The van der Waals surface area contributed by atoms with Gasteiger partial charge in [0.05, 0.1) is 0 Å². The van der Waals surface area contributed by atoms with Gasteiger partial charge in [-0.25, -0.2) is 0 Å². The van der Waals surface area contributed by atoms with Gasteiger partial charge in [0, 0.05) is 24.4 Å². The zero-order valence-corrected chi connectivity index (χ0v) is 16.1. The van der Waals surface area contributed by atoms with E-state index in [1.165, 1.54) is 6.42 Å². The van der Waals surface area contributed by atoms with Crippen LogP contribution in [0.4, 0.5) is 0 Å². The minimum atomic E-state index is -0.116. The molecule has 0 atom stereocenters. The molecular weight excluding hydrogens is 322 g/mol. The van der Waals surface area contributed by atoms with Crippen molar-refractivity contribution < 1.29 is 9.53 Å². The molecule has 0 saturated carbocycles.